The molecule has 1 fully saturated rings. The summed E-state index contributed by atoms with van der Waals surface area (Å²) in [5.41, 5.74) is 8.75. The second-order valence-electron chi connectivity index (χ2n) is 7.99. The zero-order valence-electron chi connectivity index (χ0n) is 16.1. The molecule has 0 atom stereocenters. The van der Waals surface area contributed by atoms with Crippen molar-refractivity contribution in [2.45, 2.75) is 51.0 Å². The molecule has 0 spiro atoms. The molecule has 1 aromatic heterocycles. The highest BCUT2D eigenvalue weighted by Gasteiger charge is 2.35. The van der Waals surface area contributed by atoms with E-state index in [1.54, 1.807) is 0 Å². The first-order valence-electron chi connectivity index (χ1n) is 9.57. The van der Waals surface area contributed by atoms with Crippen LogP contribution in [-0.2, 0) is 4.79 Å². The summed E-state index contributed by atoms with van der Waals surface area (Å²) >= 11 is 0. The van der Waals surface area contributed by atoms with Crippen molar-refractivity contribution in [3.63, 3.8) is 0 Å². The Morgan fingerprint density at radius 3 is 2.46 bits per heavy atom. The third-order valence-electron chi connectivity index (χ3n) is 5.69. The number of hydrogen-bond donors (Lipinski definition) is 2. The van der Waals surface area contributed by atoms with Gasteiger partial charge in [0.15, 0.2) is 11.5 Å². The highest BCUT2D eigenvalue weighted by atomic mass is 16.5. The quantitative estimate of drug-likeness (QED) is 0.840. The topological polar surface area (TPSA) is 111 Å². The molecule has 2 heterocycles. The van der Waals surface area contributed by atoms with Gasteiger partial charge < -0.3 is 15.6 Å². The minimum Gasteiger partial charge on any atom is -0.481 e. The van der Waals surface area contributed by atoms with E-state index in [2.05, 4.69) is 22.1 Å². The Morgan fingerprint density at radius 2 is 1.82 bits per heavy atom. The number of aromatic nitrogens is 2. The lowest BCUT2D eigenvalue weighted by Gasteiger charge is -2.32. The standard InChI is InChI=1S/C21H24N4O3/c1-21(2)17(25-16-18(22)23-11-24-19(16)28-21)14-7-3-12(4-8-14)13-5-9-15(10-6-13)20(26)27/h3-4,7-8,11,13,15H,5-6,9-10H2,1-2H3,(H,26,27)(H2,22,23,24)/t13-,15-. The van der Waals surface area contributed by atoms with Gasteiger partial charge in [-0.05, 0) is 51.0 Å². The number of nitrogens with zero attached hydrogens (tertiary/aromatic N) is 3. The number of ether oxygens (including phenoxy) is 1. The summed E-state index contributed by atoms with van der Waals surface area (Å²) in [5.74, 6) is 0.234. The molecule has 4 rings (SSSR count). The van der Waals surface area contributed by atoms with Crippen molar-refractivity contribution in [1.82, 2.24) is 9.97 Å². The van der Waals surface area contributed by atoms with E-state index in [0.717, 1.165) is 37.0 Å². The van der Waals surface area contributed by atoms with Crippen molar-refractivity contribution in [3.8, 4) is 5.88 Å². The minimum atomic E-state index is -0.671. The van der Waals surface area contributed by atoms with Gasteiger partial charge in [0.1, 0.15) is 11.9 Å². The van der Waals surface area contributed by atoms with Crippen LogP contribution in [0.25, 0.3) is 0 Å². The number of carboxylic acid groups (broad SMARTS) is 1. The predicted octanol–water partition coefficient (Wildman–Crippen LogP) is 3.71. The zero-order valence-corrected chi connectivity index (χ0v) is 16.1. The number of anilines is 1. The van der Waals surface area contributed by atoms with Crippen LogP contribution in [0.15, 0.2) is 35.6 Å². The predicted molar refractivity (Wildman–Crippen MR) is 106 cm³/mol. The molecule has 2 aliphatic rings. The Morgan fingerprint density at radius 1 is 1.14 bits per heavy atom. The van der Waals surface area contributed by atoms with Gasteiger partial charge in [0.05, 0.1) is 11.6 Å². The number of rotatable bonds is 3. The van der Waals surface area contributed by atoms with E-state index in [0.29, 0.717) is 23.3 Å². The molecule has 2 aromatic rings. The van der Waals surface area contributed by atoms with Crippen LogP contribution in [0.4, 0.5) is 11.5 Å². The van der Waals surface area contributed by atoms with Gasteiger partial charge in [0.25, 0.3) is 0 Å². The first-order valence-corrected chi connectivity index (χ1v) is 9.57. The smallest absolute Gasteiger partial charge is 0.306 e. The zero-order chi connectivity index (χ0) is 19.9. The number of benzene rings is 1. The molecule has 3 N–H and O–H groups in total. The summed E-state index contributed by atoms with van der Waals surface area (Å²) in [4.78, 5) is 24.0. The molecule has 1 saturated carbocycles. The molecule has 0 amide bonds. The molecule has 28 heavy (non-hydrogen) atoms. The molecule has 1 aromatic carbocycles. The average Bonchev–Trinajstić information content (AvgIpc) is 2.67. The highest BCUT2D eigenvalue weighted by molar-refractivity contribution is 6.09. The summed E-state index contributed by atoms with van der Waals surface area (Å²) in [7, 11) is 0. The first-order chi connectivity index (χ1) is 13.3. The van der Waals surface area contributed by atoms with Crippen molar-refractivity contribution in [2.75, 3.05) is 5.73 Å². The van der Waals surface area contributed by atoms with Crippen LogP contribution < -0.4 is 10.5 Å². The van der Waals surface area contributed by atoms with Crippen molar-refractivity contribution in [3.05, 3.63) is 41.7 Å². The van der Waals surface area contributed by atoms with Gasteiger partial charge in [-0.1, -0.05) is 24.3 Å². The van der Waals surface area contributed by atoms with E-state index in [1.807, 2.05) is 26.0 Å². The van der Waals surface area contributed by atoms with Crippen molar-refractivity contribution < 1.29 is 14.6 Å². The Balaban J connectivity index is 1.59. The van der Waals surface area contributed by atoms with Crippen LogP contribution in [-0.4, -0.2) is 32.4 Å². The molecule has 7 nitrogen and oxygen atoms in total. The fraction of sp³-hybridized carbons (Fsp3) is 0.429. The van der Waals surface area contributed by atoms with Gasteiger partial charge in [-0.2, -0.15) is 4.98 Å². The molecule has 1 aliphatic heterocycles. The van der Waals surface area contributed by atoms with Crippen LogP contribution >= 0.6 is 0 Å². The molecule has 0 saturated heterocycles. The Kier molecular flexibility index (Phi) is 4.53. The molecule has 0 bridgehead atoms. The first kappa shape index (κ1) is 18.4. The number of nitrogen functional groups attached to an aromatic ring is 1. The van der Waals surface area contributed by atoms with Crippen LogP contribution in [0.2, 0.25) is 0 Å². The third kappa shape index (κ3) is 3.32. The fourth-order valence-electron chi connectivity index (χ4n) is 4.09. The lowest BCUT2D eigenvalue weighted by molar-refractivity contribution is -0.142. The van der Waals surface area contributed by atoms with E-state index >= 15 is 0 Å². The number of fused-ring (bicyclic) bond motifs is 1. The van der Waals surface area contributed by atoms with Crippen molar-refractivity contribution >= 4 is 23.2 Å². The summed E-state index contributed by atoms with van der Waals surface area (Å²) in [6, 6.07) is 8.32. The van der Waals surface area contributed by atoms with Gasteiger partial charge in [-0.15, -0.1) is 0 Å². The van der Waals surface area contributed by atoms with Gasteiger partial charge in [-0.25, -0.2) is 9.98 Å². The van der Waals surface area contributed by atoms with Crippen LogP contribution in [0.1, 0.15) is 56.6 Å². The third-order valence-corrected chi connectivity index (χ3v) is 5.69. The van der Waals surface area contributed by atoms with Crippen LogP contribution in [0.5, 0.6) is 5.88 Å². The lowest BCUT2D eigenvalue weighted by atomic mass is 9.78. The number of aliphatic carboxylic acids is 1. The lowest BCUT2D eigenvalue weighted by Crippen LogP contribution is -2.41. The summed E-state index contributed by atoms with van der Waals surface area (Å²) < 4.78 is 6.03. The normalized spacial score (nSPS) is 23.3. The van der Waals surface area contributed by atoms with E-state index in [1.165, 1.54) is 11.9 Å². The summed E-state index contributed by atoms with van der Waals surface area (Å²) in [6.45, 7) is 3.91. The largest absolute Gasteiger partial charge is 0.481 e. The Bertz CT molecular complexity index is 929. The van der Waals surface area contributed by atoms with Crippen LogP contribution in [0.3, 0.4) is 0 Å². The fourth-order valence-corrected chi connectivity index (χ4v) is 4.09. The molecule has 7 heteroatoms. The average molecular weight is 380 g/mol. The van der Waals surface area contributed by atoms with Gasteiger partial charge >= 0.3 is 5.97 Å². The van der Waals surface area contributed by atoms with Crippen LogP contribution in [0, 0.1) is 5.92 Å². The molecule has 0 unspecified atom stereocenters. The van der Waals surface area contributed by atoms with Gasteiger partial charge in [0, 0.05) is 5.56 Å². The number of hydrogen-bond acceptors (Lipinski definition) is 6. The van der Waals surface area contributed by atoms with Gasteiger partial charge in [-0.3, -0.25) is 4.79 Å². The number of carbonyl (C=O) groups is 1. The van der Waals surface area contributed by atoms with Crippen molar-refractivity contribution in [2.24, 2.45) is 10.9 Å². The van der Waals surface area contributed by atoms with E-state index < -0.39 is 11.6 Å². The second kappa shape index (κ2) is 6.89. The molecular formula is C21H24N4O3. The van der Waals surface area contributed by atoms with Gasteiger partial charge in [0.2, 0.25) is 5.88 Å². The highest BCUT2D eigenvalue weighted by Crippen LogP contribution is 2.40. The van der Waals surface area contributed by atoms with E-state index in [-0.39, 0.29) is 5.92 Å². The molecule has 146 valence electrons. The second-order valence-corrected chi connectivity index (χ2v) is 7.99. The van der Waals surface area contributed by atoms with E-state index in [4.69, 9.17) is 15.5 Å². The Labute approximate surface area is 163 Å². The number of aliphatic imine (C=N–C) groups is 1. The molecule has 0 radical (unpaired) electrons. The summed E-state index contributed by atoms with van der Waals surface area (Å²) in [6.07, 6.45) is 4.68. The molecule has 1 aliphatic carbocycles. The summed E-state index contributed by atoms with van der Waals surface area (Å²) in [5, 5.41) is 9.17. The minimum absolute atomic E-state index is 0.196. The number of carboxylic acids is 1. The number of nitrogens with two attached hydrogens (primary N) is 1. The molecular weight excluding hydrogens is 356 g/mol. The SMILES string of the molecule is CC1(C)Oc2ncnc(N)c2N=C1c1ccc([C@H]2CC[C@H](C(=O)O)CC2)cc1. The monoisotopic (exact) mass is 380 g/mol. The maximum Gasteiger partial charge on any atom is 0.306 e. The van der Waals surface area contributed by atoms with Crippen molar-refractivity contribution in [1.29, 1.82) is 0 Å². The van der Waals surface area contributed by atoms with E-state index in [9.17, 15) is 9.90 Å². The Hall–Kier alpha value is -2.96. The maximum atomic E-state index is 11.1. The maximum absolute atomic E-state index is 11.1.